The van der Waals surface area contributed by atoms with E-state index in [0.717, 1.165) is 39.6 Å². The Morgan fingerprint density at radius 2 is 2.00 bits per heavy atom. The normalized spacial score (nSPS) is 17.1. The first-order valence-electron chi connectivity index (χ1n) is 10.8. The summed E-state index contributed by atoms with van der Waals surface area (Å²) in [6.45, 7) is 3.12. The number of nitrogens with zero attached hydrogens (tertiary/aromatic N) is 3. The smallest absolute Gasteiger partial charge is 0.255 e. The van der Waals surface area contributed by atoms with Crippen LogP contribution in [-0.2, 0) is 9.53 Å². The molecular weight excluding hydrogens is 418 g/mol. The van der Waals surface area contributed by atoms with Crippen molar-refractivity contribution < 1.29 is 9.53 Å². The summed E-state index contributed by atoms with van der Waals surface area (Å²) in [7, 11) is 0. The van der Waals surface area contributed by atoms with Crippen LogP contribution in [0, 0.1) is 6.92 Å². The van der Waals surface area contributed by atoms with Crippen molar-refractivity contribution in [2.75, 3.05) is 23.5 Å². The van der Waals surface area contributed by atoms with Gasteiger partial charge in [-0.3, -0.25) is 24.1 Å². The minimum atomic E-state index is -0.394. The molecule has 1 amide bonds. The molecule has 0 aliphatic carbocycles. The quantitative estimate of drug-likeness (QED) is 0.375. The highest BCUT2D eigenvalue weighted by Crippen LogP contribution is 2.30. The maximum Gasteiger partial charge on any atom is 0.255 e. The number of hydrogen-bond donors (Lipinski definition) is 2. The summed E-state index contributed by atoms with van der Waals surface area (Å²) in [5.74, 6) is -0.175. The molecule has 4 aromatic rings. The van der Waals surface area contributed by atoms with Gasteiger partial charge in [0, 0.05) is 41.5 Å². The summed E-state index contributed by atoms with van der Waals surface area (Å²) >= 11 is 0. The van der Waals surface area contributed by atoms with E-state index in [4.69, 9.17) is 4.74 Å². The van der Waals surface area contributed by atoms with Crippen LogP contribution < -0.4 is 21.3 Å². The lowest BCUT2D eigenvalue weighted by molar-refractivity contribution is -0.117. The maximum atomic E-state index is 13.2. The number of rotatable bonds is 4. The predicted octanol–water partition coefficient (Wildman–Crippen LogP) is 3.02. The fourth-order valence-electron chi connectivity index (χ4n) is 4.14. The number of anilines is 2. The minimum absolute atomic E-state index is 0.161. The van der Waals surface area contributed by atoms with Gasteiger partial charge in [-0.05, 0) is 48.9 Å². The molecule has 2 aromatic carbocycles. The number of aryl methyl sites for hydroxylation is 1. The monoisotopic (exact) mass is 439 g/mol. The van der Waals surface area contributed by atoms with E-state index in [9.17, 15) is 9.59 Å². The van der Waals surface area contributed by atoms with Crippen LogP contribution in [-0.4, -0.2) is 34.7 Å². The van der Waals surface area contributed by atoms with Crippen molar-refractivity contribution in [2.24, 2.45) is 0 Å². The van der Waals surface area contributed by atoms with Gasteiger partial charge in [-0.2, -0.15) is 0 Å². The third-order valence-electron chi connectivity index (χ3n) is 5.98. The average molecular weight is 439 g/mol. The Bertz CT molecular complexity index is 1520. The van der Waals surface area contributed by atoms with E-state index in [1.54, 1.807) is 22.9 Å². The van der Waals surface area contributed by atoms with Gasteiger partial charge in [0.15, 0.2) is 6.10 Å². The highest BCUT2D eigenvalue weighted by Gasteiger charge is 2.31. The molecule has 2 N–H and O–H groups in total. The zero-order valence-corrected chi connectivity index (χ0v) is 17.9. The molecule has 0 spiro atoms. The zero-order chi connectivity index (χ0) is 22.5. The highest BCUT2D eigenvalue weighted by atomic mass is 16.6. The van der Waals surface area contributed by atoms with Crippen LogP contribution in [0.4, 0.5) is 11.4 Å². The largest absolute Gasteiger partial charge is 0.363 e. The number of hydrazine groups is 1. The van der Waals surface area contributed by atoms with Gasteiger partial charge in [-0.15, -0.1) is 0 Å². The molecule has 164 valence electrons. The second-order valence-electron chi connectivity index (χ2n) is 8.20. The number of carbonyl (C=O) groups is 1. The summed E-state index contributed by atoms with van der Waals surface area (Å²) in [6, 6.07) is 14.9. The van der Waals surface area contributed by atoms with Crippen molar-refractivity contribution in [3.05, 3.63) is 82.9 Å². The molecule has 1 saturated heterocycles. The number of amides is 1. The third kappa shape index (κ3) is 3.45. The van der Waals surface area contributed by atoms with Crippen molar-refractivity contribution in [3.63, 3.8) is 0 Å². The van der Waals surface area contributed by atoms with Gasteiger partial charge in [0.2, 0.25) is 0 Å². The van der Waals surface area contributed by atoms with Crippen LogP contribution in [0.3, 0.4) is 0 Å². The molecule has 8 nitrogen and oxygen atoms in total. The lowest BCUT2D eigenvalue weighted by atomic mass is 10.1. The first-order chi connectivity index (χ1) is 16.1. The van der Waals surface area contributed by atoms with Gasteiger partial charge in [0.25, 0.3) is 11.5 Å². The molecule has 0 saturated carbocycles. The van der Waals surface area contributed by atoms with Crippen molar-refractivity contribution in [1.29, 1.82) is 0 Å². The van der Waals surface area contributed by atoms with E-state index in [1.165, 1.54) is 0 Å². The van der Waals surface area contributed by atoms with Gasteiger partial charge in [-0.25, -0.2) is 5.43 Å². The summed E-state index contributed by atoms with van der Waals surface area (Å²) in [6.07, 6.45) is 5.40. The second-order valence-corrected chi connectivity index (χ2v) is 8.20. The Kier molecular flexibility index (Phi) is 4.49. The molecule has 2 aliphatic heterocycles. The lowest BCUT2D eigenvalue weighted by Gasteiger charge is -2.18. The van der Waals surface area contributed by atoms with Gasteiger partial charge < -0.3 is 10.1 Å². The average Bonchev–Trinajstić information content (AvgIpc) is 3.54. The van der Waals surface area contributed by atoms with E-state index in [2.05, 4.69) is 15.7 Å². The number of carbonyl (C=O) groups excluding carboxylic acids is 1. The van der Waals surface area contributed by atoms with Crippen LogP contribution >= 0.6 is 0 Å². The number of aromatic nitrogens is 2. The Morgan fingerprint density at radius 3 is 2.79 bits per heavy atom. The number of hydrogen-bond acceptors (Lipinski definition) is 6. The number of ether oxygens (including phenoxy) is 1. The Balaban J connectivity index is 1.56. The first-order valence-corrected chi connectivity index (χ1v) is 10.8. The van der Waals surface area contributed by atoms with Crippen LogP contribution in [0.25, 0.3) is 27.5 Å². The molecule has 1 fully saturated rings. The van der Waals surface area contributed by atoms with Crippen molar-refractivity contribution >= 4 is 39.1 Å². The van der Waals surface area contributed by atoms with E-state index in [1.807, 2.05) is 60.6 Å². The van der Waals surface area contributed by atoms with Gasteiger partial charge in [0.1, 0.15) is 0 Å². The SMILES string of the molecule is Cc1ccc(-n2c(=O)ccc3cnc4ccc(N5C=CCN5)cc4c32)cc1NC(=O)C1CO1. The molecule has 8 heteroatoms. The standard InChI is InChI=1S/C25H21N5O3/c1-15-3-5-18(12-21(15)28-25(32)22-14-33-22)30-23(31)8-4-16-13-26-20-7-6-17(11-19(20)24(16)30)29-10-2-9-27-29/h2-8,10-13,22,27H,9,14H2,1H3,(H,28,32). The fourth-order valence-corrected chi connectivity index (χ4v) is 4.14. The van der Waals surface area contributed by atoms with Crippen LogP contribution in [0.15, 0.2) is 71.8 Å². The number of pyridine rings is 2. The summed E-state index contributed by atoms with van der Waals surface area (Å²) in [4.78, 5) is 30.0. The first kappa shape index (κ1) is 19.7. The van der Waals surface area contributed by atoms with Crippen LogP contribution in [0.1, 0.15) is 5.56 Å². The molecule has 0 radical (unpaired) electrons. The molecule has 2 aromatic heterocycles. The van der Waals surface area contributed by atoms with Gasteiger partial charge in [-0.1, -0.05) is 12.1 Å². The summed E-state index contributed by atoms with van der Waals surface area (Å²) in [5.41, 5.74) is 7.85. The molecule has 2 aliphatic rings. The maximum absolute atomic E-state index is 13.2. The summed E-state index contributed by atoms with van der Waals surface area (Å²) < 4.78 is 6.77. The molecule has 33 heavy (non-hydrogen) atoms. The fraction of sp³-hybridized carbons (Fsp3) is 0.160. The lowest BCUT2D eigenvalue weighted by Crippen LogP contribution is -2.28. The topological polar surface area (TPSA) is 91.8 Å². The molecule has 6 rings (SSSR count). The van der Waals surface area contributed by atoms with E-state index in [0.29, 0.717) is 18.0 Å². The van der Waals surface area contributed by atoms with Gasteiger partial charge in [0.05, 0.1) is 29.0 Å². The zero-order valence-electron chi connectivity index (χ0n) is 17.9. The van der Waals surface area contributed by atoms with Gasteiger partial charge >= 0.3 is 0 Å². The third-order valence-corrected chi connectivity index (χ3v) is 5.98. The number of benzene rings is 2. The Hall–Kier alpha value is -4.01. The van der Waals surface area contributed by atoms with E-state index in [-0.39, 0.29) is 11.5 Å². The van der Waals surface area contributed by atoms with Crippen LogP contribution in [0.5, 0.6) is 0 Å². The number of fused-ring (bicyclic) bond motifs is 3. The van der Waals surface area contributed by atoms with Crippen molar-refractivity contribution in [2.45, 2.75) is 13.0 Å². The molecule has 1 unspecified atom stereocenters. The Morgan fingerprint density at radius 1 is 1.15 bits per heavy atom. The molecule has 0 bridgehead atoms. The van der Waals surface area contributed by atoms with Crippen LogP contribution in [0.2, 0.25) is 0 Å². The molecular formula is C25H21N5O3. The molecule has 4 heterocycles. The van der Waals surface area contributed by atoms with E-state index >= 15 is 0 Å². The Labute approximate surface area is 189 Å². The number of epoxide rings is 1. The number of nitrogens with one attached hydrogen (secondary N) is 2. The minimum Gasteiger partial charge on any atom is -0.363 e. The van der Waals surface area contributed by atoms with Crippen molar-refractivity contribution in [3.8, 4) is 5.69 Å². The summed E-state index contributed by atoms with van der Waals surface area (Å²) in [5, 5.41) is 6.58. The predicted molar refractivity (Wildman–Crippen MR) is 128 cm³/mol. The van der Waals surface area contributed by atoms with E-state index < -0.39 is 6.10 Å². The highest BCUT2D eigenvalue weighted by molar-refractivity contribution is 6.05. The van der Waals surface area contributed by atoms with Crippen molar-refractivity contribution in [1.82, 2.24) is 15.0 Å². The second kappa shape index (κ2) is 7.54. The molecule has 1 atom stereocenters.